The zero-order valence-corrected chi connectivity index (χ0v) is 6.81. The fourth-order valence-electron chi connectivity index (χ4n) is 0.622. The van der Waals surface area contributed by atoms with Crippen LogP contribution in [0.1, 0.15) is 0 Å². The van der Waals surface area contributed by atoms with Crippen LogP contribution in [0, 0.1) is 0 Å². The third-order valence-corrected chi connectivity index (χ3v) is 0.977. The lowest BCUT2D eigenvalue weighted by Crippen LogP contribution is -2.16. The first-order chi connectivity index (χ1) is 6.08. The van der Waals surface area contributed by atoms with Crippen molar-refractivity contribution in [1.82, 2.24) is 0 Å². The Kier molecular flexibility index (Phi) is 4.87. The van der Waals surface area contributed by atoms with Crippen molar-refractivity contribution < 1.29 is 22.3 Å². The first-order valence-corrected chi connectivity index (χ1v) is 3.26. The Morgan fingerprint density at radius 2 is 1.46 bits per heavy atom. The van der Waals surface area contributed by atoms with Crippen molar-refractivity contribution in [1.29, 1.82) is 0 Å². The predicted molar refractivity (Wildman–Crippen MR) is 40.2 cm³/mol. The molecule has 0 bridgehead atoms. The predicted octanol–water partition coefficient (Wildman–Crippen LogP) is 3.17. The van der Waals surface area contributed by atoms with Crippen molar-refractivity contribution in [3.05, 3.63) is 30.3 Å². The second-order valence-corrected chi connectivity index (χ2v) is 1.86. The maximum Gasteiger partial charge on any atom is 0.573 e. The molecule has 0 amide bonds. The van der Waals surface area contributed by atoms with Crippen LogP contribution < -0.4 is 4.74 Å². The van der Waals surface area contributed by atoms with Crippen LogP contribution in [0.15, 0.2) is 30.3 Å². The van der Waals surface area contributed by atoms with Crippen molar-refractivity contribution >= 4 is 0 Å². The Labute approximate surface area is 72.9 Å². The Bertz CT molecular complexity index is 219. The summed E-state index contributed by atoms with van der Waals surface area (Å²) in [5, 5.41) is 0. The van der Waals surface area contributed by atoms with E-state index in [0.29, 0.717) is 7.18 Å². The fraction of sp³-hybridized carbons (Fsp3) is 0.250. The van der Waals surface area contributed by atoms with Gasteiger partial charge in [0.15, 0.2) is 0 Å². The normalized spacial score (nSPS) is 9.92. The van der Waals surface area contributed by atoms with E-state index < -0.39 is 6.36 Å². The average molecular weight is 196 g/mol. The molecule has 0 aliphatic rings. The van der Waals surface area contributed by atoms with Gasteiger partial charge in [-0.1, -0.05) is 18.2 Å². The molecule has 1 nitrogen and oxygen atoms in total. The highest BCUT2D eigenvalue weighted by atomic mass is 19.4. The summed E-state index contributed by atoms with van der Waals surface area (Å²) in [6.45, 7) is 0. The smallest absolute Gasteiger partial charge is 0.406 e. The first-order valence-electron chi connectivity index (χ1n) is 3.26. The molecule has 0 aliphatic heterocycles. The summed E-state index contributed by atoms with van der Waals surface area (Å²) < 4.78 is 47.7. The van der Waals surface area contributed by atoms with Gasteiger partial charge in [0.25, 0.3) is 0 Å². The molecule has 0 atom stereocenters. The molecule has 1 rings (SSSR count). The Morgan fingerprint density at radius 3 is 1.85 bits per heavy atom. The molecule has 74 valence electrons. The Hall–Kier alpha value is -1.26. The van der Waals surface area contributed by atoms with Crippen molar-refractivity contribution in [3.8, 4) is 5.75 Å². The second kappa shape index (κ2) is 5.40. The van der Waals surface area contributed by atoms with Gasteiger partial charge >= 0.3 is 6.36 Å². The van der Waals surface area contributed by atoms with E-state index in [-0.39, 0.29) is 5.75 Å². The molecular formula is C8H8F4O. The Balaban J connectivity index is 0.000000671. The zero-order chi connectivity index (χ0) is 10.3. The number of halogens is 4. The molecule has 0 unspecified atom stereocenters. The summed E-state index contributed by atoms with van der Waals surface area (Å²) in [6.07, 6.45) is -4.60. The molecule has 1 aromatic carbocycles. The molecule has 1 aromatic rings. The van der Waals surface area contributed by atoms with E-state index in [1.807, 2.05) is 0 Å². The molecule has 0 saturated carbocycles. The van der Waals surface area contributed by atoms with Crippen LogP contribution in [0.25, 0.3) is 0 Å². The molecule has 5 heteroatoms. The first kappa shape index (κ1) is 11.7. The van der Waals surface area contributed by atoms with Gasteiger partial charge in [-0.2, -0.15) is 0 Å². The van der Waals surface area contributed by atoms with E-state index in [0.717, 1.165) is 0 Å². The van der Waals surface area contributed by atoms with Crippen LogP contribution in [0.2, 0.25) is 0 Å². The van der Waals surface area contributed by atoms with Gasteiger partial charge in [-0.3, -0.25) is 4.39 Å². The number of rotatable bonds is 1. The van der Waals surface area contributed by atoms with Crippen LogP contribution in [0.3, 0.4) is 0 Å². The Morgan fingerprint density at radius 1 is 1.00 bits per heavy atom. The third kappa shape index (κ3) is 5.95. The van der Waals surface area contributed by atoms with Crippen LogP contribution >= 0.6 is 0 Å². The number of ether oxygens (including phenoxy) is 1. The molecule has 0 N–H and O–H groups in total. The van der Waals surface area contributed by atoms with Gasteiger partial charge < -0.3 is 4.74 Å². The third-order valence-electron chi connectivity index (χ3n) is 0.977. The summed E-state index contributed by atoms with van der Waals surface area (Å²) in [6, 6.07) is 7.05. The van der Waals surface area contributed by atoms with E-state index in [4.69, 9.17) is 0 Å². The quantitative estimate of drug-likeness (QED) is 0.627. The topological polar surface area (TPSA) is 9.23 Å². The molecule has 0 heterocycles. The summed E-state index contributed by atoms with van der Waals surface area (Å²) in [5.41, 5.74) is 0. The van der Waals surface area contributed by atoms with Crippen LogP contribution in [0.5, 0.6) is 5.75 Å². The van der Waals surface area contributed by atoms with Gasteiger partial charge in [0.2, 0.25) is 0 Å². The molecule has 0 spiro atoms. The molecule has 0 aliphatic carbocycles. The van der Waals surface area contributed by atoms with Gasteiger partial charge in [0.1, 0.15) is 5.75 Å². The van der Waals surface area contributed by atoms with E-state index in [1.165, 1.54) is 24.3 Å². The van der Waals surface area contributed by atoms with Crippen molar-refractivity contribution in [3.63, 3.8) is 0 Å². The monoisotopic (exact) mass is 196 g/mol. The highest BCUT2D eigenvalue weighted by molar-refractivity contribution is 5.20. The van der Waals surface area contributed by atoms with Crippen molar-refractivity contribution in [2.45, 2.75) is 6.36 Å². The fourth-order valence-corrected chi connectivity index (χ4v) is 0.622. The van der Waals surface area contributed by atoms with E-state index in [1.54, 1.807) is 6.07 Å². The lowest BCUT2D eigenvalue weighted by molar-refractivity contribution is -0.274. The van der Waals surface area contributed by atoms with Gasteiger partial charge in [0, 0.05) is 0 Å². The minimum absolute atomic E-state index is 0.194. The number of hydrogen-bond acceptors (Lipinski definition) is 1. The molecule has 0 saturated heterocycles. The average Bonchev–Trinajstić information content (AvgIpc) is 2.07. The van der Waals surface area contributed by atoms with Gasteiger partial charge in [-0.05, 0) is 12.1 Å². The SMILES string of the molecule is CF.FC(F)(F)Oc1ccccc1. The zero-order valence-electron chi connectivity index (χ0n) is 6.81. The molecular weight excluding hydrogens is 188 g/mol. The van der Waals surface area contributed by atoms with Crippen molar-refractivity contribution in [2.75, 3.05) is 7.18 Å². The number of alkyl halides is 4. The molecule has 0 aromatic heterocycles. The maximum absolute atomic E-state index is 11.5. The highest BCUT2D eigenvalue weighted by Gasteiger charge is 2.30. The summed E-state index contributed by atoms with van der Waals surface area (Å²) in [7, 11) is 0.500. The van der Waals surface area contributed by atoms with Gasteiger partial charge in [-0.15, -0.1) is 13.2 Å². The van der Waals surface area contributed by atoms with Crippen molar-refractivity contribution in [2.24, 2.45) is 0 Å². The van der Waals surface area contributed by atoms with E-state index >= 15 is 0 Å². The number of benzene rings is 1. The summed E-state index contributed by atoms with van der Waals surface area (Å²) in [5.74, 6) is -0.194. The summed E-state index contributed by atoms with van der Waals surface area (Å²) >= 11 is 0. The largest absolute Gasteiger partial charge is 0.573 e. The lowest BCUT2D eigenvalue weighted by Gasteiger charge is -2.07. The second-order valence-electron chi connectivity index (χ2n) is 1.86. The standard InChI is InChI=1S/C7H5F3O.CH3F/c8-7(9,10)11-6-4-2-1-3-5-6;1-2/h1-5H;1H3. The summed E-state index contributed by atoms with van der Waals surface area (Å²) in [4.78, 5) is 0. The van der Waals surface area contributed by atoms with Crippen LogP contribution in [-0.2, 0) is 0 Å². The number of hydrogen-bond donors (Lipinski definition) is 0. The van der Waals surface area contributed by atoms with E-state index in [2.05, 4.69) is 4.74 Å². The lowest BCUT2D eigenvalue weighted by atomic mass is 10.3. The van der Waals surface area contributed by atoms with Gasteiger partial charge in [0.05, 0.1) is 7.18 Å². The van der Waals surface area contributed by atoms with Gasteiger partial charge in [-0.25, -0.2) is 0 Å². The van der Waals surface area contributed by atoms with E-state index in [9.17, 15) is 17.6 Å². The molecule has 13 heavy (non-hydrogen) atoms. The molecule has 0 fully saturated rings. The minimum Gasteiger partial charge on any atom is -0.406 e. The highest BCUT2D eigenvalue weighted by Crippen LogP contribution is 2.21. The number of para-hydroxylation sites is 1. The maximum atomic E-state index is 11.5. The van der Waals surface area contributed by atoms with Crippen LogP contribution in [-0.4, -0.2) is 13.5 Å². The molecule has 0 radical (unpaired) electrons. The van der Waals surface area contributed by atoms with Crippen LogP contribution in [0.4, 0.5) is 17.6 Å². The minimum atomic E-state index is -4.60.